The number of halogens is 3. The van der Waals surface area contributed by atoms with Crippen LogP contribution in [0.25, 0.3) is 0 Å². The van der Waals surface area contributed by atoms with E-state index in [2.05, 4.69) is 19.4 Å². The number of ether oxygens (including phenoxy) is 2. The summed E-state index contributed by atoms with van der Waals surface area (Å²) in [5, 5.41) is -0.457. The SMILES string of the molecule is O=C(OCC(F)(F)F)N1CCC[C@H](NS(=O)(=O)C2CC2)[C@@H]1COC1CCN(c2ncccn2)CC1. The average molecular weight is 522 g/mol. The van der Waals surface area contributed by atoms with Gasteiger partial charge >= 0.3 is 12.3 Å². The van der Waals surface area contributed by atoms with E-state index in [1.165, 1.54) is 4.90 Å². The third-order valence-electron chi connectivity index (χ3n) is 6.43. The van der Waals surface area contributed by atoms with Gasteiger partial charge in [0.1, 0.15) is 0 Å². The molecular weight excluding hydrogens is 491 g/mol. The number of carbonyl (C=O) groups is 1. The summed E-state index contributed by atoms with van der Waals surface area (Å²) in [5.74, 6) is 0.631. The predicted molar refractivity (Wildman–Crippen MR) is 119 cm³/mol. The van der Waals surface area contributed by atoms with Crippen LogP contribution in [0.3, 0.4) is 0 Å². The van der Waals surface area contributed by atoms with Crippen LogP contribution < -0.4 is 9.62 Å². The largest absolute Gasteiger partial charge is 0.440 e. The van der Waals surface area contributed by atoms with Gasteiger partial charge < -0.3 is 19.3 Å². The Morgan fingerprint density at radius 2 is 1.77 bits per heavy atom. The molecule has 3 fully saturated rings. The Balaban J connectivity index is 1.39. The fourth-order valence-electron chi connectivity index (χ4n) is 4.45. The standard InChI is InChI=1S/C21H30F3N5O5S/c22-21(23,24)14-34-20(30)29-10-1-3-17(27-35(31,32)16-4-5-16)18(29)13-33-15-6-11-28(12-7-15)19-25-8-2-9-26-19/h2,8-9,15-18,27H,1,3-7,10-14H2/t17-,18-/m0/s1. The average Bonchev–Trinajstić information content (AvgIpc) is 3.68. The normalized spacial score (nSPS) is 24.4. The van der Waals surface area contributed by atoms with Crippen LogP contribution in [0, 0.1) is 0 Å². The first-order valence-electron chi connectivity index (χ1n) is 11.8. The van der Waals surface area contributed by atoms with Gasteiger partial charge in [-0.2, -0.15) is 13.2 Å². The molecule has 3 heterocycles. The highest BCUT2D eigenvalue weighted by Gasteiger charge is 2.43. The molecule has 2 aliphatic heterocycles. The summed E-state index contributed by atoms with van der Waals surface area (Å²) in [6, 6.07) is 0.308. The molecule has 1 aliphatic carbocycles. The second kappa shape index (κ2) is 10.8. The molecule has 2 atom stereocenters. The van der Waals surface area contributed by atoms with Crippen LogP contribution in [0.4, 0.5) is 23.9 Å². The first kappa shape index (κ1) is 25.9. The number of anilines is 1. The van der Waals surface area contributed by atoms with E-state index in [-0.39, 0.29) is 19.3 Å². The molecule has 14 heteroatoms. The molecule has 35 heavy (non-hydrogen) atoms. The number of hydrogen-bond donors (Lipinski definition) is 1. The number of nitrogens with zero attached hydrogens (tertiary/aromatic N) is 4. The summed E-state index contributed by atoms with van der Waals surface area (Å²) in [6.07, 6.45) is 0.789. The lowest BCUT2D eigenvalue weighted by atomic mass is 9.97. The number of hydrogen-bond acceptors (Lipinski definition) is 8. The van der Waals surface area contributed by atoms with Crippen LogP contribution >= 0.6 is 0 Å². The van der Waals surface area contributed by atoms with Crippen molar-refractivity contribution in [1.29, 1.82) is 0 Å². The third kappa shape index (κ3) is 7.17. The maximum absolute atomic E-state index is 12.6. The molecule has 0 radical (unpaired) electrons. The molecule has 1 N–H and O–H groups in total. The summed E-state index contributed by atoms with van der Waals surface area (Å²) in [5.41, 5.74) is 0. The van der Waals surface area contributed by atoms with Crippen LogP contribution in [0.5, 0.6) is 0 Å². The van der Waals surface area contributed by atoms with E-state index >= 15 is 0 Å². The van der Waals surface area contributed by atoms with Crippen LogP contribution in [-0.4, -0.2) is 91.8 Å². The van der Waals surface area contributed by atoms with Crippen LogP contribution in [-0.2, 0) is 19.5 Å². The Hall–Kier alpha value is -2.19. The number of nitrogens with one attached hydrogen (secondary N) is 1. The van der Waals surface area contributed by atoms with Gasteiger partial charge in [-0.3, -0.25) is 0 Å². The Bertz CT molecular complexity index is 956. The van der Waals surface area contributed by atoms with Crippen molar-refractivity contribution < 1.29 is 35.9 Å². The van der Waals surface area contributed by atoms with Gasteiger partial charge in [0, 0.05) is 38.1 Å². The Labute approximate surface area is 202 Å². The molecule has 0 aromatic carbocycles. The summed E-state index contributed by atoms with van der Waals surface area (Å²) in [4.78, 5) is 24.2. The summed E-state index contributed by atoms with van der Waals surface area (Å²) in [6.45, 7) is -0.223. The number of amides is 1. The molecule has 1 saturated carbocycles. The molecule has 0 bridgehead atoms. The lowest BCUT2D eigenvalue weighted by molar-refractivity contribution is -0.163. The Kier molecular flexibility index (Phi) is 8.01. The highest BCUT2D eigenvalue weighted by molar-refractivity contribution is 7.90. The van der Waals surface area contributed by atoms with E-state index in [1.54, 1.807) is 18.5 Å². The quantitative estimate of drug-likeness (QED) is 0.553. The maximum Gasteiger partial charge on any atom is 0.422 e. The highest BCUT2D eigenvalue weighted by Crippen LogP contribution is 2.30. The smallest absolute Gasteiger partial charge is 0.422 e. The Morgan fingerprint density at radius 3 is 2.40 bits per heavy atom. The molecule has 0 unspecified atom stereocenters. The van der Waals surface area contributed by atoms with Gasteiger partial charge in [0.15, 0.2) is 6.61 Å². The van der Waals surface area contributed by atoms with Crippen molar-refractivity contribution in [3.8, 4) is 0 Å². The van der Waals surface area contributed by atoms with Crippen molar-refractivity contribution in [2.45, 2.75) is 68.1 Å². The zero-order chi connectivity index (χ0) is 25.1. The van der Waals surface area contributed by atoms with E-state index in [1.807, 2.05) is 4.90 Å². The van der Waals surface area contributed by atoms with Gasteiger partial charge in [-0.15, -0.1) is 0 Å². The topological polar surface area (TPSA) is 114 Å². The van der Waals surface area contributed by atoms with Gasteiger partial charge in [0.05, 0.1) is 24.0 Å². The van der Waals surface area contributed by atoms with E-state index in [4.69, 9.17) is 4.74 Å². The molecule has 3 aliphatic rings. The van der Waals surface area contributed by atoms with Gasteiger partial charge in [-0.1, -0.05) is 0 Å². The van der Waals surface area contributed by atoms with Crippen LogP contribution in [0.1, 0.15) is 38.5 Å². The van der Waals surface area contributed by atoms with Gasteiger partial charge in [-0.05, 0) is 44.6 Å². The first-order chi connectivity index (χ1) is 16.6. The van der Waals surface area contributed by atoms with Gasteiger partial charge in [-0.25, -0.2) is 27.9 Å². The molecule has 4 rings (SSSR count). The number of piperidine rings is 2. The summed E-state index contributed by atoms with van der Waals surface area (Å²) >= 11 is 0. The fourth-order valence-corrected chi connectivity index (χ4v) is 6.10. The molecule has 10 nitrogen and oxygen atoms in total. The number of alkyl halides is 3. The second-order valence-corrected chi connectivity index (χ2v) is 11.1. The molecule has 1 aromatic heterocycles. The molecular formula is C21H30F3N5O5S. The number of likely N-dealkylation sites (tertiary alicyclic amines) is 1. The third-order valence-corrected chi connectivity index (χ3v) is 8.41. The first-order valence-corrected chi connectivity index (χ1v) is 13.3. The molecule has 1 amide bonds. The minimum absolute atomic E-state index is 0.00846. The minimum Gasteiger partial charge on any atom is -0.440 e. The summed E-state index contributed by atoms with van der Waals surface area (Å²) < 4.78 is 76.1. The molecule has 1 aromatic rings. The number of rotatable bonds is 8. The lowest BCUT2D eigenvalue weighted by Gasteiger charge is -2.41. The molecule has 196 valence electrons. The molecule has 2 saturated heterocycles. The van der Waals surface area contributed by atoms with Crippen molar-refractivity contribution >= 4 is 22.1 Å². The zero-order valence-corrected chi connectivity index (χ0v) is 20.0. The second-order valence-electron chi connectivity index (χ2n) is 9.11. The molecule has 0 spiro atoms. The van der Waals surface area contributed by atoms with E-state index in [0.29, 0.717) is 57.6 Å². The van der Waals surface area contributed by atoms with Crippen LogP contribution in [0.2, 0.25) is 0 Å². The Morgan fingerprint density at radius 1 is 1.09 bits per heavy atom. The van der Waals surface area contributed by atoms with Crippen molar-refractivity contribution in [2.24, 2.45) is 0 Å². The van der Waals surface area contributed by atoms with Crippen LogP contribution in [0.15, 0.2) is 18.5 Å². The predicted octanol–water partition coefficient (Wildman–Crippen LogP) is 2.08. The lowest BCUT2D eigenvalue weighted by Crippen LogP contribution is -2.59. The van der Waals surface area contributed by atoms with Crippen molar-refractivity contribution in [3.63, 3.8) is 0 Å². The monoisotopic (exact) mass is 521 g/mol. The highest BCUT2D eigenvalue weighted by atomic mass is 32.2. The van der Waals surface area contributed by atoms with Gasteiger partial charge in [0.2, 0.25) is 16.0 Å². The summed E-state index contributed by atoms with van der Waals surface area (Å²) in [7, 11) is -3.57. The van der Waals surface area contributed by atoms with E-state index < -0.39 is 46.2 Å². The number of sulfonamides is 1. The minimum atomic E-state index is -4.65. The van der Waals surface area contributed by atoms with Gasteiger partial charge in [0.25, 0.3) is 0 Å². The zero-order valence-electron chi connectivity index (χ0n) is 19.2. The maximum atomic E-state index is 12.6. The number of carbonyl (C=O) groups excluding carboxylic acids is 1. The van der Waals surface area contributed by atoms with Crippen molar-refractivity contribution in [3.05, 3.63) is 18.5 Å². The fraction of sp³-hybridized carbons (Fsp3) is 0.762. The van der Waals surface area contributed by atoms with Crippen molar-refractivity contribution in [2.75, 3.05) is 37.7 Å². The number of aromatic nitrogens is 2. The van der Waals surface area contributed by atoms with E-state index in [9.17, 15) is 26.4 Å². The van der Waals surface area contributed by atoms with Crippen molar-refractivity contribution in [1.82, 2.24) is 19.6 Å². The van der Waals surface area contributed by atoms with E-state index in [0.717, 1.165) is 0 Å².